The van der Waals surface area contributed by atoms with Crippen molar-refractivity contribution >= 4 is 22.6 Å². The first-order valence-electron chi connectivity index (χ1n) is 8.89. The van der Waals surface area contributed by atoms with Crippen LogP contribution in [0.15, 0.2) is 30.5 Å². The first-order chi connectivity index (χ1) is 11.5. The molecular formula is C19H30N4O. The van der Waals surface area contributed by atoms with Crippen molar-refractivity contribution < 1.29 is 4.79 Å². The van der Waals surface area contributed by atoms with Crippen molar-refractivity contribution in [2.24, 2.45) is 5.92 Å². The second-order valence-corrected chi connectivity index (χ2v) is 6.54. The normalized spacial score (nSPS) is 11.4. The summed E-state index contributed by atoms with van der Waals surface area (Å²) >= 11 is 0. The van der Waals surface area contributed by atoms with Gasteiger partial charge in [0.2, 0.25) is 0 Å². The fraction of sp³-hybridized carbons (Fsp3) is 0.526. The fourth-order valence-electron chi connectivity index (χ4n) is 2.87. The van der Waals surface area contributed by atoms with Gasteiger partial charge in [-0.3, -0.25) is 0 Å². The van der Waals surface area contributed by atoms with E-state index in [4.69, 9.17) is 0 Å². The molecule has 132 valence electrons. The van der Waals surface area contributed by atoms with Gasteiger partial charge in [-0.1, -0.05) is 27.7 Å². The number of aromatic nitrogens is 1. The van der Waals surface area contributed by atoms with Gasteiger partial charge in [-0.05, 0) is 43.3 Å². The van der Waals surface area contributed by atoms with Gasteiger partial charge in [0.25, 0.3) is 0 Å². The summed E-state index contributed by atoms with van der Waals surface area (Å²) in [6.07, 6.45) is 2.11. The SMILES string of the molecule is CCN(CC)CCNC(=O)Nc1ccc2c(ccn2CC(C)C)c1. The van der Waals surface area contributed by atoms with Crippen molar-refractivity contribution in [2.45, 2.75) is 34.2 Å². The first-order valence-corrected chi connectivity index (χ1v) is 8.89. The fourth-order valence-corrected chi connectivity index (χ4v) is 2.87. The number of anilines is 1. The Bertz CT molecular complexity index is 658. The van der Waals surface area contributed by atoms with E-state index in [9.17, 15) is 4.79 Å². The van der Waals surface area contributed by atoms with Gasteiger partial charge in [0.15, 0.2) is 0 Å². The van der Waals surface area contributed by atoms with Gasteiger partial charge in [-0.2, -0.15) is 0 Å². The molecule has 2 amide bonds. The number of fused-ring (bicyclic) bond motifs is 1. The minimum atomic E-state index is -0.150. The second kappa shape index (κ2) is 8.73. The summed E-state index contributed by atoms with van der Waals surface area (Å²) in [6.45, 7) is 13.2. The average molecular weight is 330 g/mol. The van der Waals surface area contributed by atoms with E-state index in [1.807, 2.05) is 12.1 Å². The summed E-state index contributed by atoms with van der Waals surface area (Å²) < 4.78 is 2.26. The van der Waals surface area contributed by atoms with Crippen molar-refractivity contribution in [1.29, 1.82) is 0 Å². The minimum absolute atomic E-state index is 0.150. The molecule has 0 saturated heterocycles. The number of carbonyl (C=O) groups excluding carboxylic acids is 1. The molecule has 0 unspecified atom stereocenters. The summed E-state index contributed by atoms with van der Waals surface area (Å²) in [5.74, 6) is 0.606. The molecule has 0 fully saturated rings. The number of urea groups is 1. The smallest absolute Gasteiger partial charge is 0.319 e. The largest absolute Gasteiger partial charge is 0.347 e. The van der Waals surface area contributed by atoms with E-state index in [1.54, 1.807) is 0 Å². The maximum absolute atomic E-state index is 12.0. The summed E-state index contributed by atoms with van der Waals surface area (Å²) in [4.78, 5) is 14.3. The van der Waals surface area contributed by atoms with Crippen LogP contribution in [0.25, 0.3) is 10.9 Å². The van der Waals surface area contributed by atoms with Crippen LogP contribution in [-0.4, -0.2) is 41.7 Å². The molecule has 0 bridgehead atoms. The average Bonchev–Trinajstić information content (AvgIpc) is 2.93. The molecule has 0 radical (unpaired) electrons. The van der Waals surface area contributed by atoms with E-state index in [1.165, 1.54) is 5.52 Å². The van der Waals surface area contributed by atoms with E-state index in [-0.39, 0.29) is 6.03 Å². The molecule has 0 saturated carbocycles. The lowest BCUT2D eigenvalue weighted by atomic mass is 10.2. The number of benzene rings is 1. The molecule has 5 nitrogen and oxygen atoms in total. The van der Waals surface area contributed by atoms with Crippen LogP contribution in [0.5, 0.6) is 0 Å². The predicted octanol–water partition coefficient (Wildman–Crippen LogP) is 3.76. The quantitative estimate of drug-likeness (QED) is 0.774. The van der Waals surface area contributed by atoms with Crippen molar-refractivity contribution in [3.63, 3.8) is 0 Å². The lowest BCUT2D eigenvalue weighted by Gasteiger charge is -2.18. The molecule has 0 aliphatic heterocycles. The molecule has 5 heteroatoms. The molecule has 2 rings (SSSR count). The van der Waals surface area contributed by atoms with E-state index in [0.29, 0.717) is 12.5 Å². The van der Waals surface area contributed by atoms with E-state index in [2.05, 4.69) is 66.1 Å². The molecular weight excluding hydrogens is 300 g/mol. The van der Waals surface area contributed by atoms with Gasteiger partial charge in [-0.15, -0.1) is 0 Å². The Morgan fingerprint density at radius 3 is 2.62 bits per heavy atom. The van der Waals surface area contributed by atoms with Crippen molar-refractivity contribution in [2.75, 3.05) is 31.5 Å². The van der Waals surface area contributed by atoms with Crippen LogP contribution >= 0.6 is 0 Å². The van der Waals surface area contributed by atoms with Crippen LogP contribution < -0.4 is 10.6 Å². The van der Waals surface area contributed by atoms with Gasteiger partial charge in [0, 0.05) is 42.4 Å². The van der Waals surface area contributed by atoms with Gasteiger partial charge in [0.05, 0.1) is 0 Å². The van der Waals surface area contributed by atoms with Gasteiger partial charge >= 0.3 is 6.03 Å². The van der Waals surface area contributed by atoms with Gasteiger partial charge in [-0.25, -0.2) is 4.79 Å². The molecule has 1 aromatic heterocycles. The van der Waals surface area contributed by atoms with Crippen LogP contribution in [-0.2, 0) is 6.54 Å². The number of nitrogens with zero attached hydrogens (tertiary/aromatic N) is 2. The van der Waals surface area contributed by atoms with Crippen LogP contribution in [0.4, 0.5) is 10.5 Å². The third kappa shape index (κ3) is 4.99. The highest BCUT2D eigenvalue weighted by Gasteiger charge is 2.06. The number of hydrogen-bond acceptors (Lipinski definition) is 2. The van der Waals surface area contributed by atoms with Crippen LogP contribution in [0.1, 0.15) is 27.7 Å². The Hall–Kier alpha value is -2.01. The van der Waals surface area contributed by atoms with Crippen LogP contribution in [0.3, 0.4) is 0 Å². The number of likely N-dealkylation sites (N-methyl/N-ethyl adjacent to an activating group) is 1. The van der Waals surface area contributed by atoms with E-state index < -0.39 is 0 Å². The molecule has 1 aromatic carbocycles. The molecule has 0 aliphatic rings. The van der Waals surface area contributed by atoms with Crippen LogP contribution in [0.2, 0.25) is 0 Å². The Kier molecular flexibility index (Phi) is 6.67. The zero-order valence-electron chi connectivity index (χ0n) is 15.3. The topological polar surface area (TPSA) is 49.3 Å². The maximum Gasteiger partial charge on any atom is 0.319 e. The third-order valence-electron chi connectivity index (χ3n) is 4.20. The first kappa shape index (κ1) is 18.3. The maximum atomic E-state index is 12.0. The number of amides is 2. The molecule has 0 spiro atoms. The van der Waals surface area contributed by atoms with E-state index >= 15 is 0 Å². The molecule has 2 N–H and O–H groups in total. The highest BCUT2D eigenvalue weighted by atomic mass is 16.2. The lowest BCUT2D eigenvalue weighted by molar-refractivity contribution is 0.248. The summed E-state index contributed by atoms with van der Waals surface area (Å²) in [5.41, 5.74) is 2.03. The van der Waals surface area contributed by atoms with Crippen molar-refractivity contribution in [3.8, 4) is 0 Å². The molecule has 2 aromatic rings. The minimum Gasteiger partial charge on any atom is -0.347 e. The Labute approximate surface area is 145 Å². The monoisotopic (exact) mass is 330 g/mol. The number of carbonyl (C=O) groups is 1. The Morgan fingerprint density at radius 1 is 1.21 bits per heavy atom. The highest BCUT2D eigenvalue weighted by molar-refractivity contribution is 5.92. The Balaban J connectivity index is 1.91. The lowest BCUT2D eigenvalue weighted by Crippen LogP contribution is -2.36. The number of hydrogen-bond donors (Lipinski definition) is 2. The summed E-state index contributed by atoms with van der Waals surface area (Å²) in [7, 11) is 0. The predicted molar refractivity (Wildman–Crippen MR) is 102 cm³/mol. The highest BCUT2D eigenvalue weighted by Crippen LogP contribution is 2.21. The van der Waals surface area contributed by atoms with Gasteiger partial charge < -0.3 is 20.1 Å². The zero-order chi connectivity index (χ0) is 17.5. The van der Waals surface area contributed by atoms with E-state index in [0.717, 1.165) is 37.3 Å². The van der Waals surface area contributed by atoms with Gasteiger partial charge in [0.1, 0.15) is 0 Å². The zero-order valence-corrected chi connectivity index (χ0v) is 15.3. The van der Waals surface area contributed by atoms with Crippen molar-refractivity contribution in [3.05, 3.63) is 30.5 Å². The summed E-state index contributed by atoms with van der Waals surface area (Å²) in [6, 6.07) is 8.01. The standard InChI is InChI=1S/C19H30N4O/c1-5-22(6-2)12-10-20-19(24)21-17-7-8-18-16(13-17)9-11-23(18)14-15(3)4/h7-9,11,13,15H,5-6,10,12,14H2,1-4H3,(H2,20,21,24). The summed E-state index contributed by atoms with van der Waals surface area (Å²) in [5, 5.41) is 6.98. The van der Waals surface area contributed by atoms with Crippen LogP contribution in [0, 0.1) is 5.92 Å². The Morgan fingerprint density at radius 2 is 1.96 bits per heavy atom. The number of rotatable bonds is 8. The molecule has 1 heterocycles. The molecule has 24 heavy (non-hydrogen) atoms. The van der Waals surface area contributed by atoms with Crippen molar-refractivity contribution in [1.82, 2.24) is 14.8 Å². The second-order valence-electron chi connectivity index (χ2n) is 6.54. The molecule has 0 atom stereocenters. The third-order valence-corrected chi connectivity index (χ3v) is 4.20. The molecule has 0 aliphatic carbocycles. The number of nitrogens with one attached hydrogen (secondary N) is 2.